The second-order valence-corrected chi connectivity index (χ2v) is 3.81. The number of halogens is 2. The lowest BCUT2D eigenvalue weighted by molar-refractivity contribution is 0.618. The Morgan fingerprint density at radius 3 is 2.69 bits per heavy atom. The number of hydrogen-bond donors (Lipinski definition) is 1. The summed E-state index contributed by atoms with van der Waals surface area (Å²) in [7, 11) is 1.82. The first-order chi connectivity index (χ1) is 7.61. The van der Waals surface area contributed by atoms with Gasteiger partial charge in [0, 0.05) is 7.05 Å². The molecule has 0 amide bonds. The molecule has 16 heavy (non-hydrogen) atoms. The van der Waals surface area contributed by atoms with E-state index in [1.807, 2.05) is 32.2 Å². The molecule has 0 saturated heterocycles. The lowest BCUT2D eigenvalue weighted by Crippen LogP contribution is -1.95. The van der Waals surface area contributed by atoms with Gasteiger partial charge in [-0.2, -0.15) is 0 Å². The molecule has 1 rings (SSSR count). The van der Waals surface area contributed by atoms with Crippen molar-refractivity contribution in [3.8, 4) is 0 Å². The van der Waals surface area contributed by atoms with Crippen molar-refractivity contribution in [1.29, 1.82) is 0 Å². The van der Waals surface area contributed by atoms with Crippen LogP contribution in [0.2, 0.25) is 5.02 Å². The molecule has 0 radical (unpaired) electrons. The molecule has 0 bridgehead atoms. The standard InChI is InChI=1S/C13H15ClFN/c1-4-10(7-8-16-3)11-5-6-12(14)13(15)9(11)2/h4-8,16H,1-3H3/b8-7-,10-4+. The van der Waals surface area contributed by atoms with Crippen LogP contribution >= 0.6 is 11.6 Å². The van der Waals surface area contributed by atoms with Crippen LogP contribution in [0.1, 0.15) is 18.1 Å². The molecule has 86 valence electrons. The fourth-order valence-corrected chi connectivity index (χ4v) is 1.68. The molecule has 0 aliphatic heterocycles. The molecule has 1 aromatic rings. The topological polar surface area (TPSA) is 12.0 Å². The van der Waals surface area contributed by atoms with Gasteiger partial charge in [0.2, 0.25) is 0 Å². The summed E-state index contributed by atoms with van der Waals surface area (Å²) in [5.74, 6) is -0.351. The Balaban J connectivity index is 3.22. The van der Waals surface area contributed by atoms with E-state index in [0.717, 1.165) is 11.1 Å². The highest BCUT2D eigenvalue weighted by Crippen LogP contribution is 2.26. The summed E-state index contributed by atoms with van der Waals surface area (Å²) in [6.45, 7) is 3.65. The van der Waals surface area contributed by atoms with E-state index < -0.39 is 0 Å². The van der Waals surface area contributed by atoms with E-state index in [9.17, 15) is 4.39 Å². The molecule has 1 nitrogen and oxygen atoms in total. The Labute approximate surface area is 101 Å². The Morgan fingerprint density at radius 1 is 1.44 bits per heavy atom. The van der Waals surface area contributed by atoms with Crippen molar-refractivity contribution in [1.82, 2.24) is 5.32 Å². The van der Waals surface area contributed by atoms with E-state index in [1.54, 1.807) is 19.2 Å². The smallest absolute Gasteiger partial charge is 0.145 e. The highest BCUT2D eigenvalue weighted by atomic mass is 35.5. The first kappa shape index (κ1) is 12.8. The number of rotatable bonds is 3. The van der Waals surface area contributed by atoms with Crippen molar-refractivity contribution in [2.45, 2.75) is 13.8 Å². The predicted octanol–water partition coefficient (Wildman–Crippen LogP) is 3.92. The maximum Gasteiger partial charge on any atom is 0.145 e. The van der Waals surface area contributed by atoms with Crippen LogP contribution in [0.5, 0.6) is 0 Å². The first-order valence-corrected chi connectivity index (χ1v) is 5.44. The van der Waals surface area contributed by atoms with Gasteiger partial charge in [-0.3, -0.25) is 0 Å². The maximum atomic E-state index is 13.6. The van der Waals surface area contributed by atoms with Crippen molar-refractivity contribution in [2.75, 3.05) is 7.05 Å². The molecule has 0 aromatic heterocycles. The minimum Gasteiger partial charge on any atom is -0.394 e. The van der Waals surface area contributed by atoms with E-state index in [2.05, 4.69) is 5.32 Å². The minimum absolute atomic E-state index is 0.161. The monoisotopic (exact) mass is 239 g/mol. The first-order valence-electron chi connectivity index (χ1n) is 5.07. The molecule has 0 unspecified atom stereocenters. The summed E-state index contributed by atoms with van der Waals surface area (Å²) >= 11 is 5.71. The Bertz CT molecular complexity index is 436. The molecule has 0 aliphatic rings. The largest absolute Gasteiger partial charge is 0.394 e. The highest BCUT2D eigenvalue weighted by molar-refractivity contribution is 6.30. The summed E-state index contributed by atoms with van der Waals surface area (Å²) in [5.41, 5.74) is 2.39. The molecule has 0 heterocycles. The van der Waals surface area contributed by atoms with Gasteiger partial charge in [-0.15, -0.1) is 0 Å². The van der Waals surface area contributed by atoms with Crippen molar-refractivity contribution in [3.63, 3.8) is 0 Å². The van der Waals surface area contributed by atoms with Gasteiger partial charge in [0.25, 0.3) is 0 Å². The zero-order valence-corrected chi connectivity index (χ0v) is 10.4. The van der Waals surface area contributed by atoms with Crippen LogP contribution in [-0.2, 0) is 0 Å². The van der Waals surface area contributed by atoms with Gasteiger partial charge in [0.05, 0.1) is 5.02 Å². The summed E-state index contributed by atoms with van der Waals surface area (Å²) in [6, 6.07) is 3.41. The Kier molecular flexibility index (Phi) is 4.56. The van der Waals surface area contributed by atoms with Gasteiger partial charge in [-0.25, -0.2) is 4.39 Å². The van der Waals surface area contributed by atoms with E-state index in [-0.39, 0.29) is 10.8 Å². The average Bonchev–Trinajstić information content (AvgIpc) is 2.29. The Morgan fingerprint density at radius 2 is 2.12 bits per heavy atom. The molecule has 0 saturated carbocycles. The molecule has 3 heteroatoms. The third-order valence-corrected chi connectivity index (χ3v) is 2.68. The van der Waals surface area contributed by atoms with Crippen LogP contribution < -0.4 is 5.32 Å². The summed E-state index contributed by atoms with van der Waals surface area (Å²) in [6.07, 6.45) is 5.64. The SMILES string of the molecule is C/C=C(\C=C/NC)c1ccc(Cl)c(F)c1C. The van der Waals surface area contributed by atoms with Gasteiger partial charge in [-0.05, 0) is 48.9 Å². The Hall–Kier alpha value is -1.28. The highest BCUT2D eigenvalue weighted by Gasteiger charge is 2.09. The van der Waals surface area contributed by atoms with Crippen molar-refractivity contribution >= 4 is 17.2 Å². The molecule has 0 aliphatic carbocycles. The molecule has 0 atom stereocenters. The van der Waals surface area contributed by atoms with Crippen LogP contribution in [-0.4, -0.2) is 7.05 Å². The molecular formula is C13H15ClFN. The van der Waals surface area contributed by atoms with Gasteiger partial charge in [0.15, 0.2) is 0 Å². The maximum absolute atomic E-state index is 13.6. The number of allylic oxidation sites excluding steroid dienone is 3. The van der Waals surface area contributed by atoms with Crippen molar-refractivity contribution in [3.05, 3.63) is 52.5 Å². The van der Waals surface area contributed by atoms with Gasteiger partial charge in [0.1, 0.15) is 5.82 Å². The third-order valence-electron chi connectivity index (χ3n) is 2.39. The van der Waals surface area contributed by atoms with E-state index in [1.165, 1.54) is 0 Å². The molecule has 1 aromatic carbocycles. The van der Waals surface area contributed by atoms with Crippen LogP contribution in [0.15, 0.2) is 30.5 Å². The van der Waals surface area contributed by atoms with Crippen LogP contribution in [0, 0.1) is 12.7 Å². The van der Waals surface area contributed by atoms with Crippen molar-refractivity contribution < 1.29 is 4.39 Å². The fourth-order valence-electron chi connectivity index (χ4n) is 1.48. The van der Waals surface area contributed by atoms with E-state index in [0.29, 0.717) is 5.56 Å². The summed E-state index contributed by atoms with van der Waals surface area (Å²) < 4.78 is 13.6. The number of hydrogen-bond acceptors (Lipinski definition) is 1. The fraction of sp³-hybridized carbons (Fsp3) is 0.231. The van der Waals surface area contributed by atoms with Crippen LogP contribution in [0.3, 0.4) is 0 Å². The number of nitrogens with one attached hydrogen (secondary N) is 1. The van der Waals surface area contributed by atoms with E-state index >= 15 is 0 Å². The molecule has 0 spiro atoms. The number of benzene rings is 1. The average molecular weight is 240 g/mol. The lowest BCUT2D eigenvalue weighted by atomic mass is 10.00. The predicted molar refractivity (Wildman–Crippen MR) is 68.0 cm³/mol. The molecular weight excluding hydrogens is 225 g/mol. The quantitative estimate of drug-likeness (QED) is 0.789. The zero-order chi connectivity index (χ0) is 12.1. The van der Waals surface area contributed by atoms with E-state index in [4.69, 9.17) is 11.6 Å². The minimum atomic E-state index is -0.351. The third kappa shape index (κ3) is 2.64. The second kappa shape index (κ2) is 5.71. The van der Waals surface area contributed by atoms with Gasteiger partial charge in [-0.1, -0.05) is 23.7 Å². The van der Waals surface area contributed by atoms with Gasteiger partial charge < -0.3 is 5.32 Å². The lowest BCUT2D eigenvalue weighted by Gasteiger charge is -2.08. The zero-order valence-electron chi connectivity index (χ0n) is 9.64. The molecule has 0 fully saturated rings. The molecule has 1 N–H and O–H groups in total. The van der Waals surface area contributed by atoms with Gasteiger partial charge >= 0.3 is 0 Å². The summed E-state index contributed by atoms with van der Waals surface area (Å²) in [4.78, 5) is 0. The second-order valence-electron chi connectivity index (χ2n) is 3.40. The summed E-state index contributed by atoms with van der Waals surface area (Å²) in [5, 5.41) is 3.07. The van der Waals surface area contributed by atoms with Crippen molar-refractivity contribution in [2.24, 2.45) is 0 Å². The van der Waals surface area contributed by atoms with Crippen LogP contribution in [0.4, 0.5) is 4.39 Å². The van der Waals surface area contributed by atoms with Crippen LogP contribution in [0.25, 0.3) is 5.57 Å². The normalized spacial score (nSPS) is 12.2.